The van der Waals surface area contributed by atoms with Crippen LogP contribution in [0.4, 0.5) is 4.39 Å². The molecule has 0 spiro atoms. The normalized spacial score (nSPS) is 12.1. The minimum absolute atomic E-state index is 0.398. The van der Waals surface area contributed by atoms with Crippen LogP contribution in [0.15, 0.2) is 9.59 Å². The van der Waals surface area contributed by atoms with Gasteiger partial charge in [0.25, 0.3) is 5.56 Å². The molecule has 5 nitrogen and oxygen atoms in total. The predicted molar refractivity (Wildman–Crippen MR) is 55.7 cm³/mol. The Kier molecular flexibility index (Phi) is 3.51. The van der Waals surface area contributed by atoms with Crippen LogP contribution in [-0.2, 0) is 0 Å². The fourth-order valence-electron chi connectivity index (χ4n) is 1.37. The summed E-state index contributed by atoms with van der Waals surface area (Å²) in [5, 5.41) is 9.36. The average Bonchev–Trinajstić information content (AvgIpc) is 2.25. The first-order chi connectivity index (χ1) is 7.52. The minimum atomic E-state index is -1.41. The Morgan fingerprint density at radius 1 is 1.62 bits per heavy atom. The van der Waals surface area contributed by atoms with Crippen molar-refractivity contribution in [3.05, 3.63) is 26.7 Å². The molecule has 0 fully saturated rings. The van der Waals surface area contributed by atoms with Crippen LogP contribution in [0, 0.1) is 18.2 Å². The van der Waals surface area contributed by atoms with Crippen molar-refractivity contribution in [3.63, 3.8) is 0 Å². The van der Waals surface area contributed by atoms with Crippen molar-refractivity contribution in [1.82, 2.24) is 9.55 Å². The van der Waals surface area contributed by atoms with Gasteiger partial charge in [-0.15, -0.1) is 6.42 Å². The summed E-state index contributed by atoms with van der Waals surface area (Å²) in [6, 6.07) is -0.774. The van der Waals surface area contributed by atoms with Crippen molar-refractivity contribution in [1.29, 1.82) is 0 Å². The Bertz CT molecular complexity index is 538. The van der Waals surface area contributed by atoms with Gasteiger partial charge in [0, 0.05) is 0 Å². The monoisotopic (exact) mass is 226 g/mol. The first-order valence-corrected chi connectivity index (χ1v) is 4.72. The number of H-pyrrole nitrogens is 1. The maximum absolute atomic E-state index is 13.1. The van der Waals surface area contributed by atoms with Gasteiger partial charge >= 0.3 is 5.69 Å². The molecule has 0 aromatic carbocycles. The van der Waals surface area contributed by atoms with Crippen LogP contribution in [0.3, 0.4) is 0 Å². The van der Waals surface area contributed by atoms with Gasteiger partial charge in [-0.1, -0.05) is 19.3 Å². The van der Waals surface area contributed by atoms with Crippen molar-refractivity contribution < 1.29 is 9.50 Å². The third-order valence-corrected chi connectivity index (χ3v) is 2.13. The molecule has 86 valence electrons. The molecular formula is C10H11FN2O3. The molecule has 0 amide bonds. The molecule has 0 saturated heterocycles. The van der Waals surface area contributed by atoms with Gasteiger partial charge in [-0.05, 0) is 6.42 Å². The number of hydrogen-bond acceptors (Lipinski definition) is 3. The lowest BCUT2D eigenvalue weighted by atomic mass is 10.2. The van der Waals surface area contributed by atoms with E-state index in [2.05, 4.69) is 5.92 Å². The van der Waals surface area contributed by atoms with Gasteiger partial charge < -0.3 is 5.11 Å². The summed E-state index contributed by atoms with van der Waals surface area (Å²) in [4.78, 5) is 23.9. The van der Waals surface area contributed by atoms with E-state index in [-0.39, 0.29) is 0 Å². The van der Waals surface area contributed by atoms with Gasteiger partial charge in [0.2, 0.25) is 11.7 Å². The lowest BCUT2D eigenvalue weighted by Crippen LogP contribution is -2.33. The predicted octanol–water partition coefficient (Wildman–Crippen LogP) is 0.356. The van der Waals surface area contributed by atoms with Crippen molar-refractivity contribution >= 4 is 0 Å². The van der Waals surface area contributed by atoms with Crippen LogP contribution < -0.4 is 11.2 Å². The lowest BCUT2D eigenvalue weighted by molar-refractivity contribution is 0.345. The van der Waals surface area contributed by atoms with Crippen LogP contribution in [0.1, 0.15) is 25.8 Å². The Balaban J connectivity index is 3.45. The molecule has 1 aromatic rings. The van der Waals surface area contributed by atoms with E-state index in [0.29, 0.717) is 17.4 Å². The smallest absolute Gasteiger partial charge is 0.332 e. The third kappa shape index (κ3) is 1.98. The average molecular weight is 226 g/mol. The van der Waals surface area contributed by atoms with E-state index < -0.39 is 29.0 Å². The largest absolute Gasteiger partial charge is 0.492 e. The number of nitrogens with zero attached hydrogens (tertiary/aromatic N) is 1. The van der Waals surface area contributed by atoms with Crippen LogP contribution in [-0.4, -0.2) is 14.7 Å². The molecular weight excluding hydrogens is 215 g/mol. The molecule has 0 aliphatic carbocycles. The highest BCUT2D eigenvalue weighted by molar-refractivity contribution is 5.14. The van der Waals surface area contributed by atoms with Gasteiger partial charge in [-0.2, -0.15) is 4.39 Å². The first kappa shape index (κ1) is 12.0. The molecule has 1 rings (SSSR count). The molecule has 1 aromatic heterocycles. The fraction of sp³-hybridized carbons (Fsp3) is 0.400. The highest BCUT2D eigenvalue weighted by Crippen LogP contribution is 2.17. The molecule has 0 aliphatic heterocycles. The van der Waals surface area contributed by atoms with E-state index >= 15 is 0 Å². The second kappa shape index (κ2) is 4.66. The topological polar surface area (TPSA) is 75.1 Å². The van der Waals surface area contributed by atoms with E-state index in [1.165, 1.54) is 0 Å². The second-order valence-corrected chi connectivity index (χ2v) is 3.24. The van der Waals surface area contributed by atoms with Gasteiger partial charge in [0.1, 0.15) is 6.04 Å². The summed E-state index contributed by atoms with van der Waals surface area (Å²) in [5.74, 6) is -0.168. The molecule has 16 heavy (non-hydrogen) atoms. The number of terminal acetylenes is 1. The van der Waals surface area contributed by atoms with E-state index in [0.717, 1.165) is 0 Å². The molecule has 1 heterocycles. The Morgan fingerprint density at radius 3 is 2.75 bits per heavy atom. The second-order valence-electron chi connectivity index (χ2n) is 3.24. The molecule has 0 aliphatic rings. The van der Waals surface area contributed by atoms with Crippen LogP contribution in [0.2, 0.25) is 0 Å². The molecule has 0 bridgehead atoms. The van der Waals surface area contributed by atoms with E-state index in [4.69, 9.17) is 6.42 Å². The zero-order valence-electron chi connectivity index (χ0n) is 8.66. The number of nitrogens with one attached hydrogen (secondary N) is 1. The molecule has 6 heteroatoms. The minimum Gasteiger partial charge on any atom is -0.492 e. The quantitative estimate of drug-likeness (QED) is 0.730. The summed E-state index contributed by atoms with van der Waals surface area (Å²) in [7, 11) is 0. The molecule has 1 atom stereocenters. The van der Waals surface area contributed by atoms with Gasteiger partial charge in [0.15, 0.2) is 0 Å². The number of aromatic nitrogens is 2. The molecule has 2 N–H and O–H groups in total. The molecule has 0 radical (unpaired) electrons. The number of aromatic hydroxyl groups is 1. The number of aromatic amines is 1. The van der Waals surface area contributed by atoms with Crippen molar-refractivity contribution in [2.75, 3.05) is 0 Å². The molecule has 0 saturated carbocycles. The summed E-state index contributed by atoms with van der Waals surface area (Å²) < 4.78 is 13.8. The number of halogens is 1. The summed E-state index contributed by atoms with van der Waals surface area (Å²) >= 11 is 0. The van der Waals surface area contributed by atoms with Crippen molar-refractivity contribution in [2.45, 2.75) is 25.8 Å². The summed E-state index contributed by atoms with van der Waals surface area (Å²) in [6.45, 7) is 1.83. The standard InChI is InChI=1S/C10H11FN2O3/c1-3-5-6(4-2)13-9(15)7(11)8(14)12-10(13)16/h2,6,15H,3,5H2,1H3,(H,12,14,16). The van der Waals surface area contributed by atoms with E-state index in [1.807, 2.05) is 6.92 Å². The summed E-state index contributed by atoms with van der Waals surface area (Å²) in [6.07, 6.45) is 6.23. The fourth-order valence-corrected chi connectivity index (χ4v) is 1.37. The lowest BCUT2D eigenvalue weighted by Gasteiger charge is -2.14. The van der Waals surface area contributed by atoms with Gasteiger partial charge in [-0.25, -0.2) is 9.36 Å². The zero-order valence-corrected chi connectivity index (χ0v) is 8.66. The van der Waals surface area contributed by atoms with E-state index in [1.54, 1.807) is 4.98 Å². The Hall–Kier alpha value is -2.03. The Labute approximate surface area is 90.6 Å². The third-order valence-electron chi connectivity index (χ3n) is 2.13. The maximum atomic E-state index is 13.1. The highest BCUT2D eigenvalue weighted by atomic mass is 19.1. The van der Waals surface area contributed by atoms with Gasteiger partial charge in [-0.3, -0.25) is 9.78 Å². The van der Waals surface area contributed by atoms with Crippen LogP contribution in [0.5, 0.6) is 5.88 Å². The SMILES string of the molecule is C#CC(CCC)n1c(O)c(F)c(=O)[nH]c1=O. The number of hydrogen-bond donors (Lipinski definition) is 2. The maximum Gasteiger partial charge on any atom is 0.332 e. The van der Waals surface area contributed by atoms with E-state index in [9.17, 15) is 19.1 Å². The highest BCUT2D eigenvalue weighted by Gasteiger charge is 2.18. The zero-order chi connectivity index (χ0) is 12.3. The van der Waals surface area contributed by atoms with Gasteiger partial charge in [0.05, 0.1) is 0 Å². The Morgan fingerprint density at radius 2 is 2.25 bits per heavy atom. The van der Waals surface area contributed by atoms with Crippen molar-refractivity contribution in [3.8, 4) is 18.2 Å². The van der Waals surface area contributed by atoms with Crippen molar-refractivity contribution in [2.24, 2.45) is 0 Å². The first-order valence-electron chi connectivity index (χ1n) is 4.72. The van der Waals surface area contributed by atoms with Crippen LogP contribution >= 0.6 is 0 Å². The summed E-state index contributed by atoms with van der Waals surface area (Å²) in [5.41, 5.74) is -2.17. The molecule has 1 unspecified atom stereocenters. The van der Waals surface area contributed by atoms with Crippen LogP contribution in [0.25, 0.3) is 0 Å². The number of rotatable bonds is 3.